The van der Waals surface area contributed by atoms with Crippen LogP contribution in [0.4, 0.5) is 4.39 Å². The number of amides is 1. The second-order valence-electron chi connectivity index (χ2n) is 7.14. The average molecular weight is 343 g/mol. The molecule has 132 valence electrons. The van der Waals surface area contributed by atoms with Gasteiger partial charge >= 0.3 is 0 Å². The molecule has 0 unspecified atom stereocenters. The molecule has 1 saturated heterocycles. The first-order valence-electron chi connectivity index (χ1n) is 8.64. The Bertz CT molecular complexity index is 965. The van der Waals surface area contributed by atoms with Crippen LogP contribution in [-0.4, -0.2) is 45.0 Å². The van der Waals surface area contributed by atoms with Gasteiger partial charge in [-0.25, -0.2) is 13.9 Å². The monoisotopic (exact) mass is 343 g/mol. The second kappa shape index (κ2) is 5.56. The Morgan fingerprint density at radius 2 is 2.12 bits per heavy atom. The zero-order valence-electron chi connectivity index (χ0n) is 14.5. The number of nitrogens with two attached hydrogens (primary N) is 1. The van der Waals surface area contributed by atoms with Gasteiger partial charge in [0.25, 0.3) is 5.91 Å². The van der Waals surface area contributed by atoms with Crippen LogP contribution in [0.1, 0.15) is 42.6 Å². The van der Waals surface area contributed by atoms with Crippen molar-refractivity contribution >= 4 is 22.6 Å². The van der Waals surface area contributed by atoms with Crippen molar-refractivity contribution in [3.8, 4) is 0 Å². The first-order valence-corrected chi connectivity index (χ1v) is 8.64. The number of carbonyl (C=O) groups is 1. The summed E-state index contributed by atoms with van der Waals surface area (Å²) in [5.74, 6) is -1.17. The number of aromatic amines is 1. The van der Waals surface area contributed by atoms with E-state index in [1.54, 1.807) is 4.52 Å². The molecule has 0 atom stereocenters. The van der Waals surface area contributed by atoms with E-state index in [1.165, 1.54) is 12.1 Å². The standard InChI is InChI=1S/C18H22FN5O/c1-3-23-6-4-18(2,5-7-23)13-10-21-24-15-12(16(20)25)8-11(19)9-14(15)22-17(13)24/h8-10,21H,3-7H2,1-2H3,(H2,20,25). The van der Waals surface area contributed by atoms with Crippen molar-refractivity contribution in [2.45, 2.75) is 32.1 Å². The minimum absolute atomic E-state index is 0.000270. The maximum absolute atomic E-state index is 13.8. The van der Waals surface area contributed by atoms with Crippen LogP contribution in [0.5, 0.6) is 0 Å². The number of rotatable bonds is 3. The largest absolute Gasteiger partial charge is 0.366 e. The Balaban J connectivity index is 1.88. The molecule has 1 aliphatic heterocycles. The number of imidazole rings is 1. The van der Waals surface area contributed by atoms with Crippen molar-refractivity contribution in [1.82, 2.24) is 19.5 Å². The van der Waals surface area contributed by atoms with Crippen molar-refractivity contribution in [3.05, 3.63) is 35.3 Å². The summed E-state index contributed by atoms with van der Waals surface area (Å²) in [5.41, 5.74) is 8.41. The third-order valence-electron chi connectivity index (χ3n) is 5.62. The van der Waals surface area contributed by atoms with Crippen LogP contribution in [0.25, 0.3) is 16.7 Å². The lowest BCUT2D eigenvalue weighted by Gasteiger charge is -2.38. The lowest BCUT2D eigenvalue weighted by molar-refractivity contribution is 0.100. The molecule has 1 aromatic carbocycles. The van der Waals surface area contributed by atoms with E-state index in [0.717, 1.165) is 43.7 Å². The zero-order valence-corrected chi connectivity index (χ0v) is 14.5. The van der Waals surface area contributed by atoms with Crippen LogP contribution in [0, 0.1) is 5.82 Å². The number of likely N-dealkylation sites (tertiary alicyclic amines) is 1. The molecule has 1 fully saturated rings. The highest BCUT2D eigenvalue weighted by molar-refractivity contribution is 6.05. The number of fused-ring (bicyclic) bond motifs is 3. The molecule has 7 heteroatoms. The minimum Gasteiger partial charge on any atom is -0.366 e. The van der Waals surface area contributed by atoms with Gasteiger partial charge in [-0.15, -0.1) is 0 Å². The number of primary amides is 1. The van der Waals surface area contributed by atoms with Crippen LogP contribution in [-0.2, 0) is 5.41 Å². The maximum Gasteiger partial charge on any atom is 0.251 e. The van der Waals surface area contributed by atoms with Gasteiger partial charge in [-0.2, -0.15) is 0 Å². The fourth-order valence-electron chi connectivity index (χ4n) is 3.94. The van der Waals surface area contributed by atoms with Crippen LogP contribution < -0.4 is 5.73 Å². The predicted molar refractivity (Wildman–Crippen MR) is 94.2 cm³/mol. The lowest BCUT2D eigenvalue weighted by Crippen LogP contribution is -2.40. The molecule has 3 heterocycles. The fraction of sp³-hybridized carbons (Fsp3) is 0.444. The molecule has 3 N–H and O–H groups in total. The quantitative estimate of drug-likeness (QED) is 0.766. The van der Waals surface area contributed by atoms with Crippen molar-refractivity contribution in [2.24, 2.45) is 5.73 Å². The Labute approximate surface area is 144 Å². The summed E-state index contributed by atoms with van der Waals surface area (Å²) in [7, 11) is 0. The van der Waals surface area contributed by atoms with E-state index in [1.807, 2.05) is 6.20 Å². The number of carbonyl (C=O) groups excluding carboxylic acids is 1. The number of nitrogens with zero attached hydrogens (tertiary/aromatic N) is 3. The molecule has 4 rings (SSSR count). The first kappa shape index (κ1) is 16.1. The molecule has 0 saturated carbocycles. The molecule has 3 aromatic rings. The lowest BCUT2D eigenvalue weighted by atomic mass is 9.75. The van der Waals surface area contributed by atoms with Gasteiger partial charge in [0.15, 0.2) is 5.65 Å². The number of hydrogen-bond acceptors (Lipinski definition) is 3. The first-order chi connectivity index (χ1) is 11.9. The summed E-state index contributed by atoms with van der Waals surface area (Å²) in [5, 5.41) is 3.18. The molecule has 6 nitrogen and oxygen atoms in total. The fourth-order valence-corrected chi connectivity index (χ4v) is 3.94. The Morgan fingerprint density at radius 1 is 1.40 bits per heavy atom. The summed E-state index contributed by atoms with van der Waals surface area (Å²) in [4.78, 5) is 18.8. The Kier molecular flexibility index (Phi) is 3.57. The van der Waals surface area contributed by atoms with Crippen LogP contribution in [0.15, 0.2) is 18.3 Å². The van der Waals surface area contributed by atoms with Gasteiger partial charge < -0.3 is 10.6 Å². The van der Waals surface area contributed by atoms with Crippen molar-refractivity contribution in [2.75, 3.05) is 19.6 Å². The summed E-state index contributed by atoms with van der Waals surface area (Å²) < 4.78 is 15.6. The van der Waals surface area contributed by atoms with E-state index in [2.05, 4.69) is 28.8 Å². The summed E-state index contributed by atoms with van der Waals surface area (Å²) in [6.45, 7) is 7.58. The Hall–Kier alpha value is -2.41. The van der Waals surface area contributed by atoms with E-state index in [0.29, 0.717) is 11.0 Å². The highest BCUT2D eigenvalue weighted by atomic mass is 19.1. The van der Waals surface area contributed by atoms with Gasteiger partial charge in [0, 0.05) is 23.2 Å². The van der Waals surface area contributed by atoms with Crippen molar-refractivity contribution in [1.29, 1.82) is 0 Å². The molecular weight excluding hydrogens is 321 g/mol. The van der Waals surface area contributed by atoms with E-state index < -0.39 is 11.7 Å². The summed E-state index contributed by atoms with van der Waals surface area (Å²) in [6.07, 6.45) is 4.03. The van der Waals surface area contributed by atoms with E-state index in [-0.39, 0.29) is 11.0 Å². The number of aromatic nitrogens is 3. The number of piperidine rings is 1. The predicted octanol–water partition coefficient (Wildman–Crippen LogP) is 2.43. The van der Waals surface area contributed by atoms with E-state index in [9.17, 15) is 9.18 Å². The zero-order chi connectivity index (χ0) is 17.8. The van der Waals surface area contributed by atoms with Gasteiger partial charge in [0.2, 0.25) is 0 Å². The molecule has 1 aliphatic rings. The Morgan fingerprint density at radius 3 is 2.76 bits per heavy atom. The van der Waals surface area contributed by atoms with Crippen LogP contribution >= 0.6 is 0 Å². The summed E-state index contributed by atoms with van der Waals surface area (Å²) in [6, 6.07) is 2.51. The summed E-state index contributed by atoms with van der Waals surface area (Å²) >= 11 is 0. The third-order valence-corrected chi connectivity index (χ3v) is 5.62. The molecule has 25 heavy (non-hydrogen) atoms. The molecule has 0 spiro atoms. The highest BCUT2D eigenvalue weighted by Gasteiger charge is 2.34. The number of H-pyrrole nitrogens is 1. The number of benzene rings is 1. The molecule has 0 radical (unpaired) electrons. The van der Waals surface area contributed by atoms with Crippen molar-refractivity contribution in [3.63, 3.8) is 0 Å². The van der Waals surface area contributed by atoms with Crippen LogP contribution in [0.3, 0.4) is 0 Å². The van der Waals surface area contributed by atoms with Crippen molar-refractivity contribution < 1.29 is 9.18 Å². The van der Waals surface area contributed by atoms with Gasteiger partial charge in [0.1, 0.15) is 11.3 Å². The van der Waals surface area contributed by atoms with Crippen LogP contribution in [0.2, 0.25) is 0 Å². The van der Waals surface area contributed by atoms with Gasteiger partial charge in [-0.1, -0.05) is 13.8 Å². The number of halogens is 1. The number of hydrogen-bond donors (Lipinski definition) is 2. The SMILES string of the molecule is CCN1CCC(C)(c2c[nH]n3c2nc2cc(F)cc(C(N)=O)c23)CC1. The second-order valence-corrected chi connectivity index (χ2v) is 7.14. The molecular formula is C18H22FN5O. The average Bonchev–Trinajstić information content (AvgIpc) is 3.13. The molecule has 0 aliphatic carbocycles. The molecule has 1 amide bonds. The molecule has 0 bridgehead atoms. The maximum atomic E-state index is 13.8. The highest BCUT2D eigenvalue weighted by Crippen LogP contribution is 2.38. The number of nitrogens with one attached hydrogen (secondary N) is 1. The smallest absolute Gasteiger partial charge is 0.251 e. The van der Waals surface area contributed by atoms with Gasteiger partial charge in [-0.3, -0.25) is 9.89 Å². The topological polar surface area (TPSA) is 79.4 Å². The third kappa shape index (κ3) is 2.41. The minimum atomic E-state index is -0.662. The van der Waals surface area contributed by atoms with Gasteiger partial charge in [0.05, 0.1) is 11.1 Å². The normalized spacial score (nSPS) is 18.2. The van der Waals surface area contributed by atoms with E-state index >= 15 is 0 Å². The molecule has 2 aromatic heterocycles. The van der Waals surface area contributed by atoms with E-state index in [4.69, 9.17) is 5.73 Å². The van der Waals surface area contributed by atoms with Gasteiger partial charge in [-0.05, 0) is 38.5 Å².